The van der Waals surface area contributed by atoms with Crippen molar-refractivity contribution in [2.45, 2.75) is 19.6 Å². The molecule has 0 fully saturated rings. The number of carbonyl (C=O) groups excluding carboxylic acids is 1. The first-order valence-electron chi connectivity index (χ1n) is 7.51. The van der Waals surface area contributed by atoms with Crippen LogP contribution in [0.1, 0.15) is 27.6 Å². The van der Waals surface area contributed by atoms with E-state index in [0.29, 0.717) is 12.1 Å². The van der Waals surface area contributed by atoms with E-state index >= 15 is 0 Å². The third kappa shape index (κ3) is 3.86. The summed E-state index contributed by atoms with van der Waals surface area (Å²) in [5.41, 5.74) is 2.63. The van der Waals surface area contributed by atoms with Gasteiger partial charge in [-0.2, -0.15) is 0 Å². The molecule has 0 N–H and O–H groups in total. The first kappa shape index (κ1) is 15.0. The van der Waals surface area contributed by atoms with Crippen molar-refractivity contribution in [3.63, 3.8) is 0 Å². The zero-order chi connectivity index (χ0) is 16.1. The molecule has 0 unspecified atom stereocenters. The largest absolute Gasteiger partial charge is 0.452 e. The molecular weight excluding hydrogens is 288 g/mol. The summed E-state index contributed by atoms with van der Waals surface area (Å²) in [6.07, 6.45) is 4.93. The molecule has 0 bridgehead atoms. The molecule has 3 aromatic rings. The maximum atomic E-state index is 12.4. The molecule has 3 rings (SSSR count). The molecule has 0 aliphatic carbocycles. The number of aromatic nitrogens is 2. The molecule has 0 radical (unpaired) electrons. The van der Waals surface area contributed by atoms with Gasteiger partial charge in [-0.1, -0.05) is 48.0 Å². The molecule has 0 aliphatic heterocycles. The Kier molecular flexibility index (Phi) is 4.52. The van der Waals surface area contributed by atoms with E-state index in [9.17, 15) is 4.79 Å². The Bertz CT molecular complexity index is 750. The fourth-order valence-electron chi connectivity index (χ4n) is 2.35. The highest BCUT2D eigenvalue weighted by Gasteiger charge is 2.18. The van der Waals surface area contributed by atoms with E-state index in [0.717, 1.165) is 11.1 Å². The Morgan fingerprint density at radius 2 is 1.87 bits per heavy atom. The van der Waals surface area contributed by atoms with Crippen LogP contribution in [0.3, 0.4) is 0 Å². The molecule has 1 heterocycles. The normalized spacial score (nSPS) is 11.9. The minimum absolute atomic E-state index is 0.320. The summed E-state index contributed by atoms with van der Waals surface area (Å²) in [6.45, 7) is 2.52. The van der Waals surface area contributed by atoms with Crippen molar-refractivity contribution in [3.8, 4) is 0 Å². The van der Waals surface area contributed by atoms with E-state index in [2.05, 4.69) is 4.98 Å². The lowest BCUT2D eigenvalue weighted by Crippen LogP contribution is -2.16. The van der Waals surface area contributed by atoms with Crippen molar-refractivity contribution in [1.29, 1.82) is 0 Å². The van der Waals surface area contributed by atoms with E-state index < -0.39 is 0 Å². The average Bonchev–Trinajstić information content (AvgIpc) is 3.09. The highest BCUT2D eigenvalue weighted by atomic mass is 16.5. The predicted molar refractivity (Wildman–Crippen MR) is 88.0 cm³/mol. The van der Waals surface area contributed by atoms with Crippen molar-refractivity contribution in [2.75, 3.05) is 0 Å². The summed E-state index contributed by atoms with van der Waals surface area (Å²) in [7, 11) is 0. The summed E-state index contributed by atoms with van der Waals surface area (Å²) < 4.78 is 7.65. The van der Waals surface area contributed by atoms with E-state index in [1.165, 1.54) is 0 Å². The first-order chi connectivity index (χ1) is 11.2. The number of benzene rings is 2. The van der Waals surface area contributed by atoms with Gasteiger partial charge < -0.3 is 9.30 Å². The first-order valence-corrected chi connectivity index (χ1v) is 7.51. The third-order valence-corrected chi connectivity index (χ3v) is 3.64. The standard InChI is InChI=1S/C19H18N2O2/c1-15-7-9-17(10-8-15)19(22)23-18(13-21-12-11-20-14-21)16-5-3-2-4-6-16/h2-12,14,18H,13H2,1H3/t18-/m1/s1. The van der Waals surface area contributed by atoms with Crippen LogP contribution in [0.2, 0.25) is 0 Å². The molecule has 1 atom stereocenters. The predicted octanol–water partition coefficient (Wildman–Crippen LogP) is 3.79. The summed E-state index contributed by atoms with van der Waals surface area (Å²) in [5.74, 6) is -0.320. The van der Waals surface area contributed by atoms with E-state index in [1.807, 2.05) is 60.2 Å². The van der Waals surface area contributed by atoms with Crippen LogP contribution in [0, 0.1) is 6.92 Å². The number of hydrogen-bond donors (Lipinski definition) is 0. The Morgan fingerprint density at radius 3 is 2.52 bits per heavy atom. The minimum atomic E-state index is -0.362. The van der Waals surface area contributed by atoms with Crippen LogP contribution in [0.25, 0.3) is 0 Å². The van der Waals surface area contributed by atoms with Crippen molar-refractivity contribution in [2.24, 2.45) is 0 Å². The fourth-order valence-corrected chi connectivity index (χ4v) is 2.35. The second kappa shape index (κ2) is 6.92. The highest BCUT2D eigenvalue weighted by Crippen LogP contribution is 2.21. The van der Waals surface area contributed by atoms with E-state index in [-0.39, 0.29) is 12.1 Å². The molecule has 4 nitrogen and oxygen atoms in total. The molecule has 0 spiro atoms. The van der Waals surface area contributed by atoms with Crippen LogP contribution in [0.15, 0.2) is 73.3 Å². The Hall–Kier alpha value is -2.88. The molecule has 116 valence electrons. The van der Waals surface area contributed by atoms with E-state index in [4.69, 9.17) is 4.74 Å². The molecule has 23 heavy (non-hydrogen) atoms. The third-order valence-electron chi connectivity index (χ3n) is 3.64. The van der Waals surface area contributed by atoms with Crippen LogP contribution in [-0.4, -0.2) is 15.5 Å². The molecule has 0 saturated heterocycles. The summed E-state index contributed by atoms with van der Waals surface area (Å²) in [4.78, 5) is 16.5. The van der Waals surface area contributed by atoms with E-state index in [1.54, 1.807) is 24.7 Å². The van der Waals surface area contributed by atoms with Gasteiger partial charge in [-0.25, -0.2) is 9.78 Å². The second-order valence-corrected chi connectivity index (χ2v) is 5.43. The van der Waals surface area contributed by atoms with Crippen molar-refractivity contribution in [3.05, 3.63) is 90.0 Å². The van der Waals surface area contributed by atoms with Crippen LogP contribution in [0.4, 0.5) is 0 Å². The van der Waals surface area contributed by atoms with Gasteiger partial charge in [0.25, 0.3) is 0 Å². The Morgan fingerprint density at radius 1 is 1.13 bits per heavy atom. The number of imidazole rings is 1. The molecular formula is C19H18N2O2. The number of nitrogens with zero attached hydrogens (tertiary/aromatic N) is 2. The molecule has 0 amide bonds. The van der Waals surface area contributed by atoms with Gasteiger partial charge >= 0.3 is 5.97 Å². The number of hydrogen-bond acceptors (Lipinski definition) is 3. The van der Waals surface area contributed by atoms with Crippen LogP contribution in [-0.2, 0) is 11.3 Å². The Balaban J connectivity index is 1.80. The lowest BCUT2D eigenvalue weighted by atomic mass is 10.1. The zero-order valence-corrected chi connectivity index (χ0v) is 12.9. The monoisotopic (exact) mass is 306 g/mol. The van der Waals surface area contributed by atoms with Crippen molar-refractivity contribution in [1.82, 2.24) is 9.55 Å². The molecule has 1 aromatic heterocycles. The minimum Gasteiger partial charge on any atom is -0.452 e. The quantitative estimate of drug-likeness (QED) is 0.674. The smallest absolute Gasteiger partial charge is 0.338 e. The second-order valence-electron chi connectivity index (χ2n) is 5.43. The van der Waals surface area contributed by atoms with Gasteiger partial charge in [-0.15, -0.1) is 0 Å². The van der Waals surface area contributed by atoms with Crippen molar-refractivity contribution < 1.29 is 9.53 Å². The van der Waals surface area contributed by atoms with Crippen LogP contribution >= 0.6 is 0 Å². The van der Waals surface area contributed by atoms with Gasteiger partial charge in [0.1, 0.15) is 6.10 Å². The average molecular weight is 306 g/mol. The maximum Gasteiger partial charge on any atom is 0.338 e. The van der Waals surface area contributed by atoms with Gasteiger partial charge in [-0.05, 0) is 24.6 Å². The highest BCUT2D eigenvalue weighted by molar-refractivity contribution is 5.89. The SMILES string of the molecule is Cc1ccc(C(=O)O[C@H](Cn2ccnc2)c2ccccc2)cc1. The zero-order valence-electron chi connectivity index (χ0n) is 12.9. The van der Waals surface area contributed by atoms with Crippen molar-refractivity contribution >= 4 is 5.97 Å². The summed E-state index contributed by atoms with van der Waals surface area (Å²) in [6, 6.07) is 17.1. The molecule has 0 saturated carbocycles. The Labute approximate surface area is 135 Å². The number of aryl methyl sites for hydroxylation is 1. The molecule has 2 aromatic carbocycles. The van der Waals surface area contributed by atoms with Crippen LogP contribution in [0.5, 0.6) is 0 Å². The summed E-state index contributed by atoms with van der Waals surface area (Å²) >= 11 is 0. The maximum absolute atomic E-state index is 12.4. The topological polar surface area (TPSA) is 44.1 Å². The molecule has 4 heteroatoms. The van der Waals surface area contributed by atoms with Gasteiger partial charge in [0.2, 0.25) is 0 Å². The fraction of sp³-hybridized carbons (Fsp3) is 0.158. The number of rotatable bonds is 5. The number of esters is 1. The van der Waals surface area contributed by atoms with Crippen LogP contribution < -0.4 is 0 Å². The number of ether oxygens (including phenoxy) is 1. The van der Waals surface area contributed by atoms with Gasteiger partial charge in [-0.3, -0.25) is 0 Å². The lowest BCUT2D eigenvalue weighted by Gasteiger charge is -2.19. The van der Waals surface area contributed by atoms with Gasteiger partial charge in [0, 0.05) is 12.4 Å². The summed E-state index contributed by atoms with van der Waals surface area (Å²) in [5, 5.41) is 0. The molecule has 0 aliphatic rings. The van der Waals surface area contributed by atoms with Gasteiger partial charge in [0.15, 0.2) is 0 Å². The lowest BCUT2D eigenvalue weighted by molar-refractivity contribution is 0.0255. The van der Waals surface area contributed by atoms with Gasteiger partial charge in [0.05, 0.1) is 18.4 Å². The number of carbonyl (C=O) groups is 1.